The van der Waals surface area contributed by atoms with Crippen LogP contribution < -0.4 is 9.73 Å². The summed E-state index contributed by atoms with van der Waals surface area (Å²) >= 11 is 0. The molecule has 200 valence electrons. The van der Waals surface area contributed by atoms with Crippen molar-refractivity contribution in [3.63, 3.8) is 0 Å². The van der Waals surface area contributed by atoms with Gasteiger partial charge >= 0.3 is 0 Å². The second-order valence-corrected chi connectivity index (χ2v) is 10.3. The van der Waals surface area contributed by atoms with Gasteiger partial charge in [-0.15, -0.1) is 0 Å². The third-order valence-electron chi connectivity index (χ3n) is 5.91. The van der Waals surface area contributed by atoms with Gasteiger partial charge in [-0.25, -0.2) is 18.2 Å². The fourth-order valence-electron chi connectivity index (χ4n) is 4.10. The number of nitro groups is 1. The number of nitrogens with one attached hydrogen (secondary N) is 1. The van der Waals surface area contributed by atoms with Crippen LogP contribution in [0.3, 0.4) is 0 Å². The first-order valence-corrected chi connectivity index (χ1v) is 13.1. The molecule has 4 rings (SSSR count). The third-order valence-corrected chi connectivity index (χ3v) is 7.73. The molecule has 4 aromatic rings. The lowest BCUT2D eigenvalue weighted by atomic mass is 10.2. The SMILES string of the molecule is Cc1cc(/C=N\NC(=O)CN(c2ccccc2)S(=O)(=O)c2ccccc2[N+](=O)[O-])c(C)n1-c1ccc(F)cc1. The van der Waals surface area contributed by atoms with Crippen LogP contribution >= 0.6 is 0 Å². The minimum Gasteiger partial charge on any atom is -0.318 e. The number of benzene rings is 3. The van der Waals surface area contributed by atoms with Crippen molar-refractivity contribution in [1.82, 2.24) is 9.99 Å². The topological polar surface area (TPSA) is 127 Å². The van der Waals surface area contributed by atoms with Crippen LogP contribution in [0.1, 0.15) is 17.0 Å². The average molecular weight is 550 g/mol. The van der Waals surface area contributed by atoms with E-state index in [1.807, 2.05) is 24.5 Å². The van der Waals surface area contributed by atoms with Gasteiger partial charge in [0.25, 0.3) is 21.6 Å². The molecule has 1 aromatic heterocycles. The molecule has 0 radical (unpaired) electrons. The molecule has 0 spiro atoms. The zero-order valence-electron chi connectivity index (χ0n) is 21.0. The lowest BCUT2D eigenvalue weighted by molar-refractivity contribution is -0.387. The Morgan fingerprint density at radius 3 is 2.36 bits per heavy atom. The van der Waals surface area contributed by atoms with E-state index < -0.39 is 38.0 Å². The van der Waals surface area contributed by atoms with Crippen LogP contribution in [0.5, 0.6) is 0 Å². The number of aryl methyl sites for hydroxylation is 1. The first-order chi connectivity index (χ1) is 18.6. The number of sulfonamides is 1. The monoisotopic (exact) mass is 549 g/mol. The first kappa shape index (κ1) is 27.2. The summed E-state index contributed by atoms with van der Waals surface area (Å²) in [5.74, 6) is -1.11. The summed E-state index contributed by atoms with van der Waals surface area (Å²) in [6.45, 7) is 3.04. The predicted octanol–water partition coefficient (Wildman–Crippen LogP) is 4.49. The lowest BCUT2D eigenvalue weighted by Gasteiger charge is -2.23. The number of nitro benzene ring substituents is 1. The maximum atomic E-state index is 13.5. The molecule has 39 heavy (non-hydrogen) atoms. The second kappa shape index (κ2) is 11.3. The van der Waals surface area contributed by atoms with Crippen LogP contribution in [-0.4, -0.2) is 36.6 Å². The molecule has 1 heterocycles. The molecule has 0 aliphatic rings. The lowest BCUT2D eigenvalue weighted by Crippen LogP contribution is -2.39. The highest BCUT2D eigenvalue weighted by atomic mass is 32.2. The minimum atomic E-state index is -4.50. The summed E-state index contributed by atoms with van der Waals surface area (Å²) in [5, 5.41) is 15.5. The normalized spacial score (nSPS) is 11.5. The molecule has 0 unspecified atom stereocenters. The van der Waals surface area contributed by atoms with Gasteiger partial charge in [-0.3, -0.25) is 19.2 Å². The van der Waals surface area contributed by atoms with E-state index >= 15 is 0 Å². The van der Waals surface area contributed by atoms with E-state index in [-0.39, 0.29) is 11.5 Å². The van der Waals surface area contributed by atoms with Crippen LogP contribution in [0, 0.1) is 29.8 Å². The predicted molar refractivity (Wildman–Crippen MR) is 145 cm³/mol. The van der Waals surface area contributed by atoms with Gasteiger partial charge in [0.1, 0.15) is 12.4 Å². The Morgan fingerprint density at radius 1 is 1.05 bits per heavy atom. The molecule has 12 heteroatoms. The molecule has 0 atom stereocenters. The summed E-state index contributed by atoms with van der Waals surface area (Å²) in [5.41, 5.74) is 4.97. The zero-order valence-corrected chi connectivity index (χ0v) is 21.8. The van der Waals surface area contributed by atoms with E-state index in [2.05, 4.69) is 10.5 Å². The second-order valence-electron chi connectivity index (χ2n) is 8.50. The molecule has 0 aliphatic carbocycles. The highest BCUT2D eigenvalue weighted by Crippen LogP contribution is 2.29. The number of hydrogen-bond acceptors (Lipinski definition) is 6. The maximum Gasteiger partial charge on any atom is 0.289 e. The van der Waals surface area contributed by atoms with E-state index in [1.54, 1.807) is 30.3 Å². The smallest absolute Gasteiger partial charge is 0.289 e. The summed E-state index contributed by atoms with van der Waals surface area (Å²) in [7, 11) is -4.50. The summed E-state index contributed by atoms with van der Waals surface area (Å²) < 4.78 is 43.0. The average Bonchev–Trinajstić information content (AvgIpc) is 3.20. The maximum absolute atomic E-state index is 13.5. The molecular weight excluding hydrogens is 525 g/mol. The highest BCUT2D eigenvalue weighted by Gasteiger charge is 2.33. The first-order valence-electron chi connectivity index (χ1n) is 11.7. The number of hydrogen-bond donors (Lipinski definition) is 1. The number of para-hydroxylation sites is 2. The number of halogens is 1. The van der Waals surface area contributed by atoms with Crippen LogP contribution in [0.4, 0.5) is 15.8 Å². The van der Waals surface area contributed by atoms with E-state index in [4.69, 9.17) is 0 Å². The van der Waals surface area contributed by atoms with Gasteiger partial charge in [0.05, 0.1) is 16.8 Å². The number of carbonyl (C=O) groups is 1. The number of anilines is 1. The third kappa shape index (κ3) is 5.85. The minimum absolute atomic E-state index is 0.151. The van der Waals surface area contributed by atoms with Gasteiger partial charge in [-0.1, -0.05) is 30.3 Å². The number of amides is 1. The quantitative estimate of drug-likeness (QED) is 0.187. The molecule has 0 bridgehead atoms. The van der Waals surface area contributed by atoms with E-state index in [1.165, 1.54) is 42.6 Å². The Hall–Kier alpha value is -4.84. The fraction of sp³-hybridized carbons (Fsp3) is 0.111. The number of aromatic nitrogens is 1. The van der Waals surface area contributed by atoms with Crippen LogP contribution in [0.2, 0.25) is 0 Å². The molecule has 0 fully saturated rings. The van der Waals surface area contributed by atoms with Crippen LogP contribution in [0.15, 0.2) is 94.9 Å². The summed E-state index contributed by atoms with van der Waals surface area (Å²) in [6.07, 6.45) is 1.42. The molecular formula is C27H24FN5O5S. The highest BCUT2D eigenvalue weighted by molar-refractivity contribution is 7.93. The van der Waals surface area contributed by atoms with Crippen molar-refractivity contribution < 1.29 is 22.5 Å². The number of carbonyl (C=O) groups excluding carboxylic acids is 1. The Kier molecular flexibility index (Phi) is 7.86. The summed E-state index contributed by atoms with van der Waals surface area (Å²) in [4.78, 5) is 23.0. The zero-order chi connectivity index (χ0) is 28.2. The van der Waals surface area contributed by atoms with E-state index in [0.717, 1.165) is 33.5 Å². The van der Waals surface area contributed by atoms with Crippen LogP contribution in [0.25, 0.3) is 5.69 Å². The largest absolute Gasteiger partial charge is 0.318 e. The standard InChI is InChI=1S/C27H24FN5O5S/c1-19-16-21(20(2)32(19)24-14-12-22(28)13-15-24)17-29-30-27(34)18-31(23-8-4-3-5-9-23)39(37,38)26-11-7-6-10-25(26)33(35)36/h3-17H,18H2,1-2H3,(H,30,34)/b29-17-. The number of hydrazone groups is 1. The van der Waals surface area contributed by atoms with Crippen molar-refractivity contribution in [2.75, 3.05) is 10.8 Å². The van der Waals surface area contributed by atoms with Crippen molar-refractivity contribution in [3.8, 4) is 5.69 Å². The van der Waals surface area contributed by atoms with Crippen molar-refractivity contribution in [1.29, 1.82) is 0 Å². The van der Waals surface area contributed by atoms with Crippen molar-refractivity contribution in [2.45, 2.75) is 18.7 Å². The Balaban J connectivity index is 1.57. The van der Waals surface area contributed by atoms with Gasteiger partial charge < -0.3 is 4.57 Å². The van der Waals surface area contributed by atoms with Crippen molar-refractivity contribution >= 4 is 33.5 Å². The summed E-state index contributed by atoms with van der Waals surface area (Å²) in [6, 6.07) is 20.6. The molecule has 1 N–H and O–H groups in total. The van der Waals surface area contributed by atoms with Crippen molar-refractivity contribution in [2.24, 2.45) is 5.10 Å². The van der Waals surface area contributed by atoms with Gasteiger partial charge in [-0.2, -0.15) is 5.10 Å². The van der Waals surface area contributed by atoms with Gasteiger partial charge in [-0.05, 0) is 62.4 Å². The van der Waals surface area contributed by atoms with Gasteiger partial charge in [0, 0.05) is 28.7 Å². The Labute approximate surface area is 224 Å². The van der Waals surface area contributed by atoms with Gasteiger partial charge in [0.2, 0.25) is 0 Å². The molecule has 0 saturated heterocycles. The Morgan fingerprint density at radius 2 is 1.69 bits per heavy atom. The number of nitrogens with zero attached hydrogens (tertiary/aromatic N) is 4. The van der Waals surface area contributed by atoms with Crippen LogP contribution in [-0.2, 0) is 14.8 Å². The van der Waals surface area contributed by atoms with Crippen molar-refractivity contribution in [3.05, 3.63) is 118 Å². The molecule has 0 saturated carbocycles. The van der Waals surface area contributed by atoms with Gasteiger partial charge in [0.15, 0.2) is 4.90 Å². The fourth-order valence-corrected chi connectivity index (χ4v) is 5.68. The molecule has 1 amide bonds. The van der Waals surface area contributed by atoms with E-state index in [9.17, 15) is 27.7 Å². The molecule has 0 aliphatic heterocycles. The molecule has 10 nitrogen and oxygen atoms in total. The number of rotatable bonds is 9. The van der Waals surface area contributed by atoms with E-state index in [0.29, 0.717) is 5.56 Å². The Bertz CT molecular complexity index is 1650. The molecule has 3 aromatic carbocycles.